The number of nitrogens with one attached hydrogen (secondary N) is 1. The molecule has 0 saturated carbocycles. The van der Waals surface area contributed by atoms with Gasteiger partial charge in [0.2, 0.25) is 0 Å². The number of rotatable bonds is 0. The van der Waals surface area contributed by atoms with Crippen LogP contribution in [0.2, 0.25) is 0 Å². The standard InChI is InChI=1S/C5H9NOS/c7-8-3-4-1-5(8)2-6-4/h4-6H,1-3H2/t4-,5-,8?/m0/s1. The van der Waals surface area contributed by atoms with Gasteiger partial charge in [-0.3, -0.25) is 0 Å². The SMILES string of the molecule is [O-][S+]1C[C@@H]2C[C@H]1CN2. The molecule has 2 saturated heterocycles. The lowest BCUT2D eigenvalue weighted by Crippen LogP contribution is -2.35. The molecule has 0 radical (unpaired) electrons. The number of hydrogen-bond acceptors (Lipinski definition) is 2. The summed E-state index contributed by atoms with van der Waals surface area (Å²) >= 11 is -0.473. The lowest BCUT2D eigenvalue weighted by molar-refractivity contribution is 0.575. The Balaban J connectivity index is 2.11. The topological polar surface area (TPSA) is 35.1 Å². The quantitative estimate of drug-likeness (QED) is 0.449. The highest BCUT2D eigenvalue weighted by atomic mass is 32.2. The van der Waals surface area contributed by atoms with Gasteiger partial charge >= 0.3 is 0 Å². The molecule has 46 valence electrons. The van der Waals surface area contributed by atoms with Crippen molar-refractivity contribution in [2.24, 2.45) is 0 Å². The van der Waals surface area contributed by atoms with Gasteiger partial charge in [-0.05, 0) is 11.2 Å². The van der Waals surface area contributed by atoms with Gasteiger partial charge in [-0.1, -0.05) is 0 Å². The number of fused-ring (bicyclic) bond motifs is 2. The van der Waals surface area contributed by atoms with Gasteiger partial charge < -0.3 is 9.87 Å². The molecule has 3 heteroatoms. The minimum absolute atomic E-state index is 0.473. The Kier molecular flexibility index (Phi) is 1.03. The van der Waals surface area contributed by atoms with Crippen LogP contribution in [-0.2, 0) is 11.2 Å². The predicted octanol–water partition coefficient (Wildman–Crippen LogP) is -0.521. The first-order valence-electron chi connectivity index (χ1n) is 2.97. The van der Waals surface area contributed by atoms with Crippen molar-refractivity contribution in [3.05, 3.63) is 0 Å². The Morgan fingerprint density at radius 1 is 1.62 bits per heavy atom. The van der Waals surface area contributed by atoms with Crippen molar-refractivity contribution in [1.82, 2.24) is 5.32 Å². The highest BCUT2D eigenvalue weighted by Gasteiger charge is 2.42. The molecular weight excluding hydrogens is 122 g/mol. The smallest absolute Gasteiger partial charge is 0.129 e. The molecule has 2 aliphatic heterocycles. The third-order valence-corrected chi connectivity index (χ3v) is 3.75. The van der Waals surface area contributed by atoms with Crippen LogP contribution in [0.5, 0.6) is 0 Å². The second kappa shape index (κ2) is 1.62. The van der Waals surface area contributed by atoms with Crippen LogP contribution >= 0.6 is 0 Å². The van der Waals surface area contributed by atoms with Gasteiger partial charge in [-0.15, -0.1) is 0 Å². The first-order chi connectivity index (χ1) is 3.86. The summed E-state index contributed by atoms with van der Waals surface area (Å²) in [5.41, 5.74) is 0. The lowest BCUT2D eigenvalue weighted by Gasteiger charge is -2.15. The van der Waals surface area contributed by atoms with E-state index in [0.717, 1.165) is 18.7 Å². The molecular formula is C5H9NOS. The van der Waals surface area contributed by atoms with Crippen LogP contribution in [0.3, 0.4) is 0 Å². The summed E-state index contributed by atoms with van der Waals surface area (Å²) in [5.74, 6) is 0.907. The monoisotopic (exact) mass is 131 g/mol. The van der Waals surface area contributed by atoms with E-state index in [1.54, 1.807) is 0 Å². The molecule has 2 aliphatic rings. The van der Waals surface area contributed by atoms with Gasteiger partial charge in [0.05, 0.1) is 6.04 Å². The molecule has 0 spiro atoms. The van der Waals surface area contributed by atoms with E-state index in [0.29, 0.717) is 11.3 Å². The Hall–Kier alpha value is 0.270. The summed E-state index contributed by atoms with van der Waals surface area (Å²) in [6.07, 6.45) is 1.16. The highest BCUT2D eigenvalue weighted by molar-refractivity contribution is 7.92. The molecule has 2 fully saturated rings. The van der Waals surface area contributed by atoms with E-state index < -0.39 is 11.2 Å². The zero-order chi connectivity index (χ0) is 5.56. The molecule has 0 aliphatic carbocycles. The fraction of sp³-hybridized carbons (Fsp3) is 1.00. The van der Waals surface area contributed by atoms with Crippen LogP contribution in [0.15, 0.2) is 0 Å². The molecule has 2 heterocycles. The first-order valence-corrected chi connectivity index (χ1v) is 4.35. The van der Waals surface area contributed by atoms with Crippen molar-refractivity contribution >= 4 is 11.2 Å². The average Bonchev–Trinajstić information content (AvgIpc) is 2.23. The van der Waals surface area contributed by atoms with E-state index in [-0.39, 0.29) is 0 Å². The van der Waals surface area contributed by atoms with E-state index in [1.165, 1.54) is 0 Å². The van der Waals surface area contributed by atoms with E-state index in [9.17, 15) is 4.55 Å². The maximum Gasteiger partial charge on any atom is 0.129 e. The van der Waals surface area contributed by atoms with Gasteiger partial charge in [-0.2, -0.15) is 0 Å². The molecule has 0 aromatic carbocycles. The molecule has 1 N–H and O–H groups in total. The van der Waals surface area contributed by atoms with E-state index in [2.05, 4.69) is 5.32 Å². The molecule has 1 unspecified atom stereocenters. The van der Waals surface area contributed by atoms with Crippen molar-refractivity contribution in [2.45, 2.75) is 17.7 Å². The number of hydrogen-bond donors (Lipinski definition) is 1. The third-order valence-electron chi connectivity index (χ3n) is 1.92. The average molecular weight is 131 g/mol. The maximum absolute atomic E-state index is 10.9. The Bertz CT molecular complexity index is 107. The largest absolute Gasteiger partial charge is 0.616 e. The summed E-state index contributed by atoms with van der Waals surface area (Å²) in [6.45, 7) is 0.997. The van der Waals surface area contributed by atoms with E-state index >= 15 is 0 Å². The molecule has 2 bridgehead atoms. The van der Waals surface area contributed by atoms with Gasteiger partial charge in [0.15, 0.2) is 0 Å². The van der Waals surface area contributed by atoms with E-state index in [1.807, 2.05) is 0 Å². The zero-order valence-electron chi connectivity index (χ0n) is 4.59. The van der Waals surface area contributed by atoms with Crippen LogP contribution in [0, 0.1) is 0 Å². The molecule has 2 rings (SSSR count). The Labute approximate surface area is 51.8 Å². The summed E-state index contributed by atoms with van der Waals surface area (Å²) in [6, 6.07) is 0.598. The van der Waals surface area contributed by atoms with Crippen molar-refractivity contribution < 1.29 is 4.55 Å². The second-order valence-electron chi connectivity index (χ2n) is 2.51. The van der Waals surface area contributed by atoms with E-state index in [4.69, 9.17) is 0 Å². The Morgan fingerprint density at radius 2 is 2.50 bits per heavy atom. The fourth-order valence-electron chi connectivity index (χ4n) is 1.44. The molecule has 8 heavy (non-hydrogen) atoms. The summed E-state index contributed by atoms with van der Waals surface area (Å²) in [7, 11) is 0. The van der Waals surface area contributed by atoms with Gasteiger partial charge in [-0.25, -0.2) is 0 Å². The lowest BCUT2D eigenvalue weighted by atomic mass is 10.3. The molecule has 0 amide bonds. The summed E-state index contributed by atoms with van der Waals surface area (Å²) in [5, 5.41) is 3.79. The van der Waals surface area contributed by atoms with Crippen molar-refractivity contribution in [3.63, 3.8) is 0 Å². The van der Waals surface area contributed by atoms with Crippen LogP contribution in [0.4, 0.5) is 0 Å². The highest BCUT2D eigenvalue weighted by Crippen LogP contribution is 2.25. The molecule has 0 aromatic rings. The first kappa shape index (κ1) is 5.09. The molecule has 2 nitrogen and oxygen atoms in total. The normalized spacial score (nSPS) is 52.9. The minimum atomic E-state index is -0.473. The maximum atomic E-state index is 10.9. The second-order valence-corrected chi connectivity index (χ2v) is 4.27. The summed E-state index contributed by atoms with van der Waals surface area (Å²) < 4.78 is 10.9. The van der Waals surface area contributed by atoms with Crippen LogP contribution in [0.1, 0.15) is 6.42 Å². The van der Waals surface area contributed by atoms with Crippen LogP contribution < -0.4 is 5.32 Å². The van der Waals surface area contributed by atoms with Gasteiger partial charge in [0.25, 0.3) is 0 Å². The predicted molar refractivity (Wildman–Crippen MR) is 33.2 cm³/mol. The fourth-order valence-corrected chi connectivity index (χ4v) is 3.10. The molecule has 3 atom stereocenters. The zero-order valence-corrected chi connectivity index (χ0v) is 5.41. The van der Waals surface area contributed by atoms with Crippen molar-refractivity contribution in [3.8, 4) is 0 Å². The van der Waals surface area contributed by atoms with Crippen LogP contribution in [-0.4, -0.2) is 28.1 Å². The Morgan fingerprint density at radius 3 is 2.75 bits per heavy atom. The van der Waals surface area contributed by atoms with Crippen molar-refractivity contribution in [1.29, 1.82) is 0 Å². The van der Waals surface area contributed by atoms with Crippen LogP contribution in [0.25, 0.3) is 0 Å². The molecule has 0 aromatic heterocycles. The third kappa shape index (κ3) is 0.584. The van der Waals surface area contributed by atoms with Gasteiger partial charge in [0.1, 0.15) is 11.0 Å². The minimum Gasteiger partial charge on any atom is -0.616 e. The van der Waals surface area contributed by atoms with Gasteiger partial charge in [0, 0.05) is 13.0 Å². The van der Waals surface area contributed by atoms with Crippen molar-refractivity contribution in [2.75, 3.05) is 12.3 Å². The summed E-state index contributed by atoms with van der Waals surface area (Å²) in [4.78, 5) is 0.